The molecule has 0 saturated carbocycles. The van der Waals surface area contributed by atoms with Crippen molar-refractivity contribution in [2.24, 2.45) is 0 Å². The average Bonchev–Trinajstić information content (AvgIpc) is 2.62. The fourth-order valence-electron chi connectivity index (χ4n) is 2.99. The number of rotatable bonds is 5. The van der Waals surface area contributed by atoms with Gasteiger partial charge in [0.15, 0.2) is 0 Å². The molecule has 0 heterocycles. The molecule has 3 aromatic rings. The van der Waals surface area contributed by atoms with Crippen LogP contribution in [0.3, 0.4) is 0 Å². The number of hydrogen-bond acceptors (Lipinski definition) is 1. The van der Waals surface area contributed by atoms with Crippen LogP contribution in [-0.2, 0) is 3.76 Å². The Bertz CT molecular complexity index is 599. The van der Waals surface area contributed by atoms with E-state index >= 15 is 0 Å². The molecule has 0 aliphatic carbocycles. The van der Waals surface area contributed by atoms with E-state index in [2.05, 4.69) is 97.9 Å². The third kappa shape index (κ3) is 2.74. The first-order valence-corrected chi connectivity index (χ1v) is 11.7. The summed E-state index contributed by atoms with van der Waals surface area (Å²) in [5.41, 5.74) is 0. The van der Waals surface area contributed by atoms with Crippen molar-refractivity contribution in [2.75, 3.05) is 6.61 Å². The predicted molar refractivity (Wildman–Crippen MR) is 95.6 cm³/mol. The molecule has 0 bridgehead atoms. The maximum absolute atomic E-state index is 6.58. The summed E-state index contributed by atoms with van der Waals surface area (Å²) in [6.07, 6.45) is 0. The Morgan fingerprint density at radius 1 is 0.591 bits per heavy atom. The number of benzene rings is 3. The summed E-state index contributed by atoms with van der Waals surface area (Å²) in [4.78, 5) is 0. The van der Waals surface area contributed by atoms with Crippen molar-refractivity contribution in [1.82, 2.24) is 0 Å². The minimum atomic E-state index is -3.07. The molecule has 0 N–H and O–H groups in total. The van der Waals surface area contributed by atoms with E-state index in [4.69, 9.17) is 3.76 Å². The average molecular weight is 349 g/mol. The van der Waals surface area contributed by atoms with Crippen LogP contribution in [-0.4, -0.2) is 20.2 Å². The van der Waals surface area contributed by atoms with Gasteiger partial charge in [0.1, 0.15) is 0 Å². The second-order valence-electron chi connectivity index (χ2n) is 5.21. The standard InChI is InChI=1S/C20H20GeO/c1-2-22-21(18-12-6-3-7-13-18,19-14-8-4-9-15-19)20-16-10-5-11-17-20/h3-17H,2H2,1H3. The van der Waals surface area contributed by atoms with Crippen molar-refractivity contribution >= 4 is 26.8 Å². The van der Waals surface area contributed by atoms with E-state index in [0.29, 0.717) is 0 Å². The van der Waals surface area contributed by atoms with Crippen LogP contribution in [0.2, 0.25) is 0 Å². The Morgan fingerprint density at radius 2 is 0.909 bits per heavy atom. The Morgan fingerprint density at radius 3 is 1.18 bits per heavy atom. The molecule has 0 amide bonds. The first kappa shape index (κ1) is 15.1. The normalized spacial score (nSPS) is 11.3. The molecular formula is C20H20GeO. The molecule has 0 aliphatic heterocycles. The Hall–Kier alpha value is -1.84. The van der Waals surface area contributed by atoms with Crippen LogP contribution in [0.1, 0.15) is 6.92 Å². The van der Waals surface area contributed by atoms with Gasteiger partial charge in [0.2, 0.25) is 0 Å². The predicted octanol–water partition coefficient (Wildman–Crippen LogP) is 2.69. The molecule has 0 aromatic heterocycles. The van der Waals surface area contributed by atoms with Crippen LogP contribution in [0.25, 0.3) is 0 Å². The van der Waals surface area contributed by atoms with E-state index in [1.807, 2.05) is 0 Å². The quantitative estimate of drug-likeness (QED) is 0.644. The van der Waals surface area contributed by atoms with Gasteiger partial charge >= 0.3 is 135 Å². The molecule has 0 radical (unpaired) electrons. The minimum absolute atomic E-state index is 0.721. The molecule has 2 heteroatoms. The molecule has 3 rings (SSSR count). The van der Waals surface area contributed by atoms with Crippen LogP contribution in [0.4, 0.5) is 0 Å². The van der Waals surface area contributed by atoms with Gasteiger partial charge in [-0.25, -0.2) is 0 Å². The van der Waals surface area contributed by atoms with E-state index in [1.54, 1.807) is 0 Å². The van der Waals surface area contributed by atoms with Gasteiger partial charge < -0.3 is 0 Å². The van der Waals surface area contributed by atoms with Gasteiger partial charge in [0.25, 0.3) is 0 Å². The van der Waals surface area contributed by atoms with Crippen LogP contribution in [0.15, 0.2) is 91.0 Å². The summed E-state index contributed by atoms with van der Waals surface area (Å²) in [6, 6.07) is 32.2. The molecule has 0 fully saturated rings. The van der Waals surface area contributed by atoms with Crippen molar-refractivity contribution in [1.29, 1.82) is 0 Å². The van der Waals surface area contributed by atoms with E-state index < -0.39 is 13.6 Å². The van der Waals surface area contributed by atoms with Crippen molar-refractivity contribution in [3.05, 3.63) is 91.0 Å². The monoisotopic (exact) mass is 350 g/mol. The first-order valence-electron chi connectivity index (χ1n) is 7.68. The summed E-state index contributed by atoms with van der Waals surface area (Å²) in [5.74, 6) is 0. The van der Waals surface area contributed by atoms with Crippen LogP contribution < -0.4 is 13.2 Å². The zero-order valence-electron chi connectivity index (χ0n) is 12.8. The van der Waals surface area contributed by atoms with E-state index in [9.17, 15) is 0 Å². The molecule has 0 aliphatic rings. The Kier molecular flexibility index (Phi) is 4.76. The molecule has 0 unspecified atom stereocenters. The fourth-order valence-corrected chi connectivity index (χ4v) is 11.2. The third-order valence-electron chi connectivity index (χ3n) is 3.90. The second kappa shape index (κ2) is 6.95. The summed E-state index contributed by atoms with van der Waals surface area (Å²) < 4.78 is 10.6. The molecule has 0 atom stereocenters. The first-order chi connectivity index (χ1) is 10.9. The summed E-state index contributed by atoms with van der Waals surface area (Å²) >= 11 is -3.07. The van der Waals surface area contributed by atoms with Gasteiger partial charge in [0.05, 0.1) is 0 Å². The zero-order chi connectivity index (χ0) is 15.3. The van der Waals surface area contributed by atoms with Gasteiger partial charge in [-0.1, -0.05) is 0 Å². The van der Waals surface area contributed by atoms with Gasteiger partial charge in [-0.3, -0.25) is 0 Å². The van der Waals surface area contributed by atoms with Crippen molar-refractivity contribution in [3.63, 3.8) is 0 Å². The fraction of sp³-hybridized carbons (Fsp3) is 0.100. The molecular weight excluding hydrogens is 329 g/mol. The molecule has 0 saturated heterocycles. The summed E-state index contributed by atoms with van der Waals surface area (Å²) in [7, 11) is 0. The Labute approximate surface area is 135 Å². The number of hydrogen-bond donors (Lipinski definition) is 0. The third-order valence-corrected chi connectivity index (χ3v) is 12.6. The van der Waals surface area contributed by atoms with Crippen molar-refractivity contribution in [2.45, 2.75) is 6.92 Å². The van der Waals surface area contributed by atoms with Crippen LogP contribution >= 0.6 is 0 Å². The SMILES string of the molecule is CC[O][Ge]([c]1ccccc1)([c]1ccccc1)[c]1ccccc1. The van der Waals surface area contributed by atoms with Crippen molar-refractivity contribution < 1.29 is 3.76 Å². The molecule has 1 nitrogen and oxygen atoms in total. The van der Waals surface area contributed by atoms with Crippen LogP contribution in [0.5, 0.6) is 0 Å². The van der Waals surface area contributed by atoms with E-state index in [0.717, 1.165) is 6.61 Å². The topological polar surface area (TPSA) is 9.23 Å². The van der Waals surface area contributed by atoms with Crippen LogP contribution in [0, 0.1) is 0 Å². The van der Waals surface area contributed by atoms with Gasteiger partial charge in [-0.2, -0.15) is 0 Å². The van der Waals surface area contributed by atoms with E-state index in [1.165, 1.54) is 13.2 Å². The molecule has 3 aromatic carbocycles. The van der Waals surface area contributed by atoms with E-state index in [-0.39, 0.29) is 0 Å². The molecule has 22 heavy (non-hydrogen) atoms. The molecule has 110 valence electrons. The summed E-state index contributed by atoms with van der Waals surface area (Å²) in [6.45, 7) is 2.81. The maximum atomic E-state index is 6.58. The van der Waals surface area contributed by atoms with Crippen molar-refractivity contribution in [3.8, 4) is 0 Å². The second-order valence-corrected chi connectivity index (χ2v) is 12.3. The zero-order valence-corrected chi connectivity index (χ0v) is 14.9. The van der Waals surface area contributed by atoms with Gasteiger partial charge in [-0.05, 0) is 0 Å². The summed E-state index contributed by atoms with van der Waals surface area (Å²) in [5, 5.41) is 0. The van der Waals surface area contributed by atoms with Gasteiger partial charge in [-0.15, -0.1) is 0 Å². The molecule has 0 spiro atoms. The Balaban J connectivity index is 2.29. The van der Waals surface area contributed by atoms with Gasteiger partial charge in [0, 0.05) is 0 Å².